The third kappa shape index (κ3) is 3.35. The molecule has 7 heteroatoms. The molecule has 0 saturated carbocycles. The van der Waals surface area contributed by atoms with E-state index in [-0.39, 0.29) is 5.91 Å². The largest absolute Gasteiger partial charge is 0.335 e. The van der Waals surface area contributed by atoms with E-state index in [0.29, 0.717) is 33.2 Å². The first-order valence-electron chi connectivity index (χ1n) is 9.33. The number of amides is 1. The quantitative estimate of drug-likeness (QED) is 0.417. The average molecular weight is 412 g/mol. The number of hydrogen-bond acceptors (Lipinski definition) is 6. The molecule has 2 aromatic carbocycles. The van der Waals surface area contributed by atoms with Gasteiger partial charge in [0.1, 0.15) is 5.69 Å². The van der Waals surface area contributed by atoms with Gasteiger partial charge in [0.15, 0.2) is 5.13 Å². The number of thiazole rings is 1. The van der Waals surface area contributed by atoms with E-state index >= 15 is 0 Å². The standard InChI is InChI=1S/C23H16N4O2S/c1-14-7-9-16(10-8-14)20-19-17(21(28)26-23-24-11-12-30-23)13-18(25-22(19)29-27-20)15-5-3-2-4-6-15/h2-13H,1H3,(H,24,26,28). The van der Waals surface area contributed by atoms with Gasteiger partial charge in [-0.2, -0.15) is 0 Å². The van der Waals surface area contributed by atoms with Crippen LogP contribution in [-0.4, -0.2) is 21.0 Å². The Morgan fingerprint density at radius 2 is 1.83 bits per heavy atom. The molecule has 0 bridgehead atoms. The molecule has 0 radical (unpaired) electrons. The molecule has 5 aromatic rings. The second-order valence-electron chi connectivity index (χ2n) is 6.79. The topological polar surface area (TPSA) is 80.9 Å². The maximum absolute atomic E-state index is 13.2. The summed E-state index contributed by atoms with van der Waals surface area (Å²) in [5.74, 6) is -0.286. The second-order valence-corrected chi connectivity index (χ2v) is 7.68. The smallest absolute Gasteiger partial charge is 0.259 e. The molecule has 0 fully saturated rings. The van der Waals surface area contributed by atoms with Crippen molar-refractivity contribution >= 4 is 33.5 Å². The monoisotopic (exact) mass is 412 g/mol. The van der Waals surface area contributed by atoms with Crippen LogP contribution in [0.3, 0.4) is 0 Å². The summed E-state index contributed by atoms with van der Waals surface area (Å²) in [6, 6.07) is 19.3. The van der Waals surface area contributed by atoms with Gasteiger partial charge in [0.2, 0.25) is 0 Å². The van der Waals surface area contributed by atoms with Crippen LogP contribution in [0.4, 0.5) is 5.13 Å². The van der Waals surface area contributed by atoms with E-state index in [1.807, 2.05) is 66.9 Å². The first-order chi connectivity index (χ1) is 14.7. The second kappa shape index (κ2) is 7.53. The molecule has 146 valence electrons. The maximum Gasteiger partial charge on any atom is 0.259 e. The first kappa shape index (κ1) is 18.2. The van der Waals surface area contributed by atoms with Crippen LogP contribution >= 0.6 is 11.3 Å². The third-order valence-electron chi connectivity index (χ3n) is 4.74. The predicted octanol–water partition coefficient (Wildman–Crippen LogP) is 5.57. The molecule has 0 aliphatic heterocycles. The lowest BCUT2D eigenvalue weighted by molar-refractivity contribution is 0.102. The molecule has 1 N–H and O–H groups in total. The number of hydrogen-bond donors (Lipinski definition) is 1. The Bertz CT molecular complexity index is 1330. The van der Waals surface area contributed by atoms with Crippen molar-refractivity contribution in [3.63, 3.8) is 0 Å². The Hall–Kier alpha value is -3.84. The Kier molecular flexibility index (Phi) is 4.57. The van der Waals surface area contributed by atoms with E-state index in [2.05, 4.69) is 20.4 Å². The number of nitrogens with zero attached hydrogens (tertiary/aromatic N) is 3. The molecule has 6 nitrogen and oxygen atoms in total. The minimum atomic E-state index is -0.286. The summed E-state index contributed by atoms with van der Waals surface area (Å²) in [6.07, 6.45) is 1.65. The van der Waals surface area contributed by atoms with Crippen molar-refractivity contribution in [3.8, 4) is 22.5 Å². The highest BCUT2D eigenvalue weighted by molar-refractivity contribution is 7.13. The molecule has 0 unspecified atom stereocenters. The van der Waals surface area contributed by atoms with E-state index < -0.39 is 0 Å². The number of aromatic nitrogens is 3. The summed E-state index contributed by atoms with van der Waals surface area (Å²) in [7, 11) is 0. The normalized spacial score (nSPS) is 11.0. The Labute approximate surface area is 176 Å². The fraction of sp³-hybridized carbons (Fsp3) is 0.0435. The summed E-state index contributed by atoms with van der Waals surface area (Å²) >= 11 is 1.36. The van der Waals surface area contributed by atoms with Gasteiger partial charge in [0, 0.05) is 22.7 Å². The zero-order valence-corrected chi connectivity index (χ0v) is 16.8. The molecule has 0 spiro atoms. The minimum Gasteiger partial charge on any atom is -0.335 e. The van der Waals surface area contributed by atoms with Gasteiger partial charge in [0.25, 0.3) is 11.6 Å². The number of anilines is 1. The number of rotatable bonds is 4. The van der Waals surface area contributed by atoms with Gasteiger partial charge in [-0.3, -0.25) is 10.1 Å². The Balaban J connectivity index is 1.70. The number of pyridine rings is 1. The van der Waals surface area contributed by atoms with Crippen molar-refractivity contribution < 1.29 is 9.32 Å². The number of benzene rings is 2. The van der Waals surface area contributed by atoms with Crippen molar-refractivity contribution in [2.75, 3.05) is 5.32 Å². The van der Waals surface area contributed by atoms with Gasteiger partial charge >= 0.3 is 0 Å². The average Bonchev–Trinajstić information content (AvgIpc) is 3.44. The lowest BCUT2D eigenvalue weighted by Crippen LogP contribution is -2.13. The summed E-state index contributed by atoms with van der Waals surface area (Å²) in [6.45, 7) is 2.02. The summed E-state index contributed by atoms with van der Waals surface area (Å²) in [4.78, 5) is 22.0. The molecule has 0 aliphatic carbocycles. The van der Waals surface area contributed by atoms with Gasteiger partial charge in [-0.15, -0.1) is 11.3 Å². The number of fused-ring (bicyclic) bond motifs is 1. The Morgan fingerprint density at radius 3 is 2.57 bits per heavy atom. The molecule has 0 atom stereocenters. The van der Waals surface area contributed by atoms with Gasteiger partial charge in [-0.1, -0.05) is 65.3 Å². The van der Waals surface area contributed by atoms with Crippen LogP contribution in [-0.2, 0) is 0 Å². The molecule has 0 saturated heterocycles. The van der Waals surface area contributed by atoms with Gasteiger partial charge < -0.3 is 4.52 Å². The lowest BCUT2D eigenvalue weighted by Gasteiger charge is -2.07. The highest BCUT2D eigenvalue weighted by Crippen LogP contribution is 2.33. The molecule has 1 amide bonds. The van der Waals surface area contributed by atoms with Crippen LogP contribution in [0.5, 0.6) is 0 Å². The van der Waals surface area contributed by atoms with Gasteiger partial charge in [-0.25, -0.2) is 9.97 Å². The maximum atomic E-state index is 13.2. The van der Waals surface area contributed by atoms with E-state index in [4.69, 9.17) is 4.52 Å². The van der Waals surface area contributed by atoms with Crippen molar-refractivity contribution in [1.29, 1.82) is 0 Å². The van der Waals surface area contributed by atoms with Crippen LogP contribution in [0.1, 0.15) is 15.9 Å². The summed E-state index contributed by atoms with van der Waals surface area (Å²) in [5, 5.41) is 10.0. The number of nitrogens with one attached hydrogen (secondary N) is 1. The van der Waals surface area contributed by atoms with Crippen LogP contribution in [0, 0.1) is 6.92 Å². The number of aryl methyl sites for hydroxylation is 1. The first-order valence-corrected chi connectivity index (χ1v) is 10.2. The molecule has 0 aliphatic rings. The van der Waals surface area contributed by atoms with Crippen molar-refractivity contribution in [3.05, 3.63) is 83.4 Å². The zero-order valence-electron chi connectivity index (χ0n) is 16.0. The van der Waals surface area contributed by atoms with Crippen LogP contribution in [0.25, 0.3) is 33.6 Å². The lowest BCUT2D eigenvalue weighted by atomic mass is 10.0. The molecule has 3 aromatic heterocycles. The minimum absolute atomic E-state index is 0.286. The van der Waals surface area contributed by atoms with Crippen LogP contribution in [0.15, 0.2) is 76.8 Å². The van der Waals surface area contributed by atoms with E-state index in [9.17, 15) is 4.79 Å². The number of carbonyl (C=O) groups is 1. The Morgan fingerprint density at radius 1 is 1.03 bits per heavy atom. The number of carbonyl (C=O) groups excluding carboxylic acids is 1. The van der Waals surface area contributed by atoms with Crippen LogP contribution in [0.2, 0.25) is 0 Å². The molecule has 3 heterocycles. The van der Waals surface area contributed by atoms with Crippen molar-refractivity contribution in [1.82, 2.24) is 15.1 Å². The molecular formula is C23H16N4O2S. The molecule has 5 rings (SSSR count). The zero-order chi connectivity index (χ0) is 20.5. The summed E-state index contributed by atoms with van der Waals surface area (Å²) in [5.41, 5.74) is 4.85. The fourth-order valence-corrected chi connectivity index (χ4v) is 3.77. The highest BCUT2D eigenvalue weighted by atomic mass is 32.1. The van der Waals surface area contributed by atoms with Gasteiger partial charge in [0.05, 0.1) is 16.6 Å². The van der Waals surface area contributed by atoms with Gasteiger partial charge in [-0.05, 0) is 13.0 Å². The van der Waals surface area contributed by atoms with E-state index in [1.165, 1.54) is 11.3 Å². The van der Waals surface area contributed by atoms with Crippen LogP contribution < -0.4 is 5.32 Å². The molecular weight excluding hydrogens is 396 g/mol. The summed E-state index contributed by atoms with van der Waals surface area (Å²) < 4.78 is 5.57. The van der Waals surface area contributed by atoms with Crippen molar-refractivity contribution in [2.24, 2.45) is 0 Å². The molecule has 30 heavy (non-hydrogen) atoms. The SMILES string of the molecule is Cc1ccc(-c2noc3nc(-c4ccccc4)cc(C(=O)Nc4nccs4)c23)cc1. The van der Waals surface area contributed by atoms with E-state index in [0.717, 1.165) is 16.7 Å². The third-order valence-corrected chi connectivity index (χ3v) is 5.43. The predicted molar refractivity (Wildman–Crippen MR) is 117 cm³/mol. The van der Waals surface area contributed by atoms with Crippen molar-refractivity contribution in [2.45, 2.75) is 6.92 Å². The fourth-order valence-electron chi connectivity index (χ4n) is 3.25. The highest BCUT2D eigenvalue weighted by Gasteiger charge is 2.22. The van der Waals surface area contributed by atoms with E-state index in [1.54, 1.807) is 12.3 Å².